The molecule has 0 aliphatic heterocycles. The fraction of sp³-hybridized carbons (Fsp3) is 0.583. The number of carbonyl (C=O) groups is 8. The third-order valence-electron chi connectivity index (χ3n) is 5.13. The average Bonchev–Trinajstić information content (AvgIpc) is 2.92. The summed E-state index contributed by atoms with van der Waals surface area (Å²) in [5.74, 6) is -12.3. The first-order valence-corrected chi connectivity index (χ1v) is 13.5. The molecule has 28 nitrogen and oxygen atoms in total. The molecule has 0 spiro atoms. The van der Waals surface area contributed by atoms with E-state index in [-0.39, 0.29) is 61.8 Å². The van der Waals surface area contributed by atoms with Crippen molar-refractivity contribution in [3.8, 4) is 0 Å². The standard InChI is InChI=1S/2C6H14N4O2.2C6H8O7.2H2O.2Zn/c2*7-4(5(11)12)2-1-3-10-6(8)9;2*7-3(8)1-6(13,5(11)12)2-4(9)10;;;;/h2*4H,1-3,7H2,(H,11,12)(H4,8,9,10);2*13H,1-2H2,(H,7,8)(H,9,10)(H,11,12);2*1H2;;/p+1/t4-;;;;;;;/m0......./s1. The Hall–Kier alpha value is -4.69. The van der Waals surface area contributed by atoms with Gasteiger partial charge >= 0.3 is 41.8 Å². The molecule has 0 bridgehead atoms. The van der Waals surface area contributed by atoms with Gasteiger partial charge < -0.3 is 101 Å². The van der Waals surface area contributed by atoms with Gasteiger partial charge in [-0.1, -0.05) is 0 Å². The van der Waals surface area contributed by atoms with Crippen LogP contribution in [0.2, 0.25) is 0 Å². The summed E-state index contributed by atoms with van der Waals surface area (Å²) in [5, 5.41) is 86.1. The fourth-order valence-corrected chi connectivity index (χ4v) is 2.70. The zero-order valence-corrected chi connectivity index (χ0v) is 34.8. The molecule has 308 valence electrons. The van der Waals surface area contributed by atoms with E-state index < -0.39 is 96.7 Å². The maximum Gasteiger partial charge on any atom is 0.336 e. The van der Waals surface area contributed by atoms with Crippen LogP contribution in [0, 0.1) is 0 Å². The van der Waals surface area contributed by atoms with Crippen LogP contribution in [0.25, 0.3) is 0 Å². The van der Waals surface area contributed by atoms with E-state index >= 15 is 0 Å². The van der Waals surface area contributed by atoms with E-state index in [0.29, 0.717) is 38.8 Å². The van der Waals surface area contributed by atoms with E-state index in [2.05, 4.69) is 9.98 Å². The summed E-state index contributed by atoms with van der Waals surface area (Å²) < 4.78 is 0. The molecule has 0 aliphatic rings. The first kappa shape index (κ1) is 67.4. The van der Waals surface area contributed by atoms with Crippen LogP contribution in [0.15, 0.2) is 9.98 Å². The summed E-state index contributed by atoms with van der Waals surface area (Å²) in [6.07, 6.45) is -2.82. The van der Waals surface area contributed by atoms with Gasteiger partial charge in [-0.25, -0.2) is 9.59 Å². The predicted octanol–water partition coefficient (Wildman–Crippen LogP) is -8.78. The van der Waals surface area contributed by atoms with E-state index in [4.69, 9.17) is 80.4 Å². The van der Waals surface area contributed by atoms with Gasteiger partial charge in [0.1, 0.15) is 12.1 Å². The summed E-state index contributed by atoms with van der Waals surface area (Å²) in [4.78, 5) is 88.6. The summed E-state index contributed by atoms with van der Waals surface area (Å²) in [7, 11) is 0. The minimum atomic E-state index is -2.80. The molecule has 27 N–H and O–H groups in total. The largest absolute Gasteiger partial charge is 0.550 e. The first-order chi connectivity index (χ1) is 22.6. The molecule has 54 heavy (non-hydrogen) atoms. The minimum absolute atomic E-state index is 0. The van der Waals surface area contributed by atoms with Crippen LogP contribution in [0.1, 0.15) is 51.4 Å². The molecular weight excluding hydrogens is 851 g/mol. The van der Waals surface area contributed by atoms with E-state index in [1.807, 2.05) is 0 Å². The Morgan fingerprint density at radius 3 is 0.944 bits per heavy atom. The van der Waals surface area contributed by atoms with Crippen molar-refractivity contribution in [1.82, 2.24) is 0 Å². The number of aliphatic hydroxyl groups is 2. The fourth-order valence-electron chi connectivity index (χ4n) is 2.70. The quantitative estimate of drug-likeness (QED) is 0.0177. The first-order valence-electron chi connectivity index (χ1n) is 13.5. The van der Waals surface area contributed by atoms with Crippen molar-refractivity contribution in [2.75, 3.05) is 13.1 Å². The molecule has 0 amide bonds. The number of hydrogen-bond donors (Lipinski definition) is 15. The van der Waals surface area contributed by atoms with Crippen molar-refractivity contribution >= 4 is 59.7 Å². The average molecular weight is 900 g/mol. The van der Waals surface area contributed by atoms with Crippen LogP contribution >= 0.6 is 0 Å². The smallest absolute Gasteiger partial charge is 0.336 e. The van der Waals surface area contributed by atoms with E-state index in [1.54, 1.807) is 0 Å². The molecule has 2 unspecified atom stereocenters. The number of aliphatic carboxylic acids is 8. The van der Waals surface area contributed by atoms with Crippen molar-refractivity contribution in [1.29, 1.82) is 0 Å². The second-order valence-corrected chi connectivity index (χ2v) is 9.72. The second kappa shape index (κ2) is 35.3. The molecule has 0 saturated carbocycles. The Morgan fingerprint density at radius 1 is 0.537 bits per heavy atom. The monoisotopic (exact) mass is 897 g/mol. The van der Waals surface area contributed by atoms with E-state index in [0.717, 1.165) is 0 Å². The van der Waals surface area contributed by atoms with Gasteiger partial charge in [0, 0.05) is 64.4 Å². The van der Waals surface area contributed by atoms with Gasteiger partial charge in [0.2, 0.25) is 0 Å². The van der Waals surface area contributed by atoms with Crippen molar-refractivity contribution in [3.05, 3.63) is 0 Å². The molecule has 0 aliphatic carbocycles. The Morgan fingerprint density at radius 2 is 0.778 bits per heavy atom. The number of rotatable bonds is 20. The van der Waals surface area contributed by atoms with Gasteiger partial charge in [0.15, 0.2) is 23.1 Å². The van der Waals surface area contributed by atoms with E-state index in [9.17, 15) is 43.5 Å². The predicted molar refractivity (Wildman–Crippen MR) is 172 cm³/mol. The van der Waals surface area contributed by atoms with Crippen molar-refractivity contribution in [2.24, 2.45) is 44.4 Å². The molecule has 3 atom stereocenters. The summed E-state index contributed by atoms with van der Waals surface area (Å²) in [6, 6.07) is -1.64. The number of aliphatic imine (C=N–C) groups is 2. The summed E-state index contributed by atoms with van der Waals surface area (Å²) >= 11 is 0. The van der Waals surface area contributed by atoms with Crippen molar-refractivity contribution < 1.29 is 139 Å². The van der Waals surface area contributed by atoms with Gasteiger partial charge in [-0.3, -0.25) is 34.0 Å². The number of carboxylic acid groups (broad SMARTS) is 8. The zero-order chi connectivity index (χ0) is 40.4. The normalized spacial score (nSPS) is 11.5. The molecule has 0 fully saturated rings. The zero-order valence-electron chi connectivity index (χ0n) is 28.9. The van der Waals surface area contributed by atoms with Crippen LogP contribution in [0.5, 0.6) is 0 Å². The van der Waals surface area contributed by atoms with Crippen LogP contribution in [0.3, 0.4) is 0 Å². The van der Waals surface area contributed by atoms with Gasteiger partial charge in [0.05, 0.1) is 19.3 Å². The number of hydrogen-bond acceptors (Lipinski definition) is 15. The Kier molecular flexibility index (Phi) is 44.1. The number of guanidine groups is 2. The molecule has 0 aromatic carbocycles. The SMILES string of the molecule is NC(N)=NCCCC(N)C(=O)O.NC(N)=NCCC[C@H](N)C(=O)O.O=C(O)CC(O)(CC(=O)O)C(=O)O.O=C([O-])CC(O)(CC(=O)O)C(=O)O.[OH3+].[OH3+].[Zn].[Zn]. The van der Waals surface area contributed by atoms with Gasteiger partial charge in [-0.15, -0.1) is 0 Å². The molecule has 0 saturated heterocycles. The topological polar surface area (TPSA) is 589 Å². The van der Waals surface area contributed by atoms with Gasteiger partial charge in [0.25, 0.3) is 0 Å². The number of carbonyl (C=O) groups excluding carboxylic acids is 1. The van der Waals surface area contributed by atoms with Crippen molar-refractivity contribution in [3.63, 3.8) is 0 Å². The van der Waals surface area contributed by atoms with Crippen LogP contribution < -0.4 is 39.5 Å². The van der Waals surface area contributed by atoms with Gasteiger partial charge in [-0.2, -0.15) is 0 Å². The number of nitrogens with two attached hydrogens (primary N) is 6. The minimum Gasteiger partial charge on any atom is -0.550 e. The molecule has 0 heterocycles. The number of carboxylic acids is 8. The van der Waals surface area contributed by atoms with Crippen LogP contribution in [0.4, 0.5) is 0 Å². The summed E-state index contributed by atoms with van der Waals surface area (Å²) in [6.45, 7) is 0.840. The van der Waals surface area contributed by atoms with E-state index in [1.165, 1.54) is 0 Å². The number of nitrogens with zero attached hydrogens (tertiary/aromatic N) is 2. The maximum atomic E-state index is 10.3. The molecule has 0 radical (unpaired) electrons. The Balaban J connectivity index is -0.0000000850. The molecule has 0 aromatic rings. The van der Waals surface area contributed by atoms with Crippen molar-refractivity contribution in [2.45, 2.75) is 74.7 Å². The third kappa shape index (κ3) is 41.7. The maximum absolute atomic E-state index is 10.3. The van der Waals surface area contributed by atoms with Gasteiger partial charge in [-0.05, 0) is 25.7 Å². The molecule has 0 rings (SSSR count). The molecule has 30 heteroatoms. The van der Waals surface area contributed by atoms with Crippen LogP contribution in [-0.4, -0.2) is 142 Å². The van der Waals surface area contributed by atoms with Crippen LogP contribution in [-0.2, 0) is 88.3 Å². The summed E-state index contributed by atoms with van der Waals surface area (Å²) in [5.41, 5.74) is 25.1. The Bertz CT molecular complexity index is 1110. The second-order valence-electron chi connectivity index (χ2n) is 9.72. The Labute approximate surface area is 330 Å². The third-order valence-corrected chi connectivity index (χ3v) is 5.13. The molecular formula is C24H49N8O20Zn2+. The molecule has 0 aromatic heterocycles.